The number of amides is 2. The molecule has 7 nitrogen and oxygen atoms in total. The number of carboxylic acids is 1. The van der Waals surface area contributed by atoms with E-state index in [0.717, 1.165) is 0 Å². The summed E-state index contributed by atoms with van der Waals surface area (Å²) in [4.78, 5) is 37.0. The first-order valence-corrected chi connectivity index (χ1v) is 4.76. The van der Waals surface area contributed by atoms with E-state index in [1.165, 1.54) is 24.5 Å². The van der Waals surface area contributed by atoms with Crippen molar-refractivity contribution >= 4 is 17.8 Å². The van der Waals surface area contributed by atoms with Gasteiger partial charge in [-0.05, 0) is 12.1 Å². The number of hydrazine groups is 1. The molecule has 90 valence electrons. The first-order valence-electron chi connectivity index (χ1n) is 4.76. The number of carboxylic acid groups (broad SMARTS) is 1. The van der Waals surface area contributed by atoms with E-state index in [4.69, 9.17) is 10.9 Å². The molecule has 0 aliphatic heterocycles. The molecule has 0 atom stereocenters. The van der Waals surface area contributed by atoms with E-state index in [9.17, 15) is 14.4 Å². The fourth-order valence-corrected chi connectivity index (χ4v) is 1.08. The van der Waals surface area contributed by atoms with E-state index < -0.39 is 17.8 Å². The number of hydrogen-bond acceptors (Lipinski definition) is 5. The van der Waals surface area contributed by atoms with Gasteiger partial charge in [0.2, 0.25) is 5.91 Å². The average molecular weight is 237 g/mol. The van der Waals surface area contributed by atoms with Gasteiger partial charge in [-0.2, -0.15) is 0 Å². The summed E-state index contributed by atoms with van der Waals surface area (Å²) >= 11 is 0. The van der Waals surface area contributed by atoms with Gasteiger partial charge in [0.25, 0.3) is 5.91 Å². The highest BCUT2D eigenvalue weighted by molar-refractivity contribution is 6.04. The van der Waals surface area contributed by atoms with Crippen molar-refractivity contribution in [3.63, 3.8) is 0 Å². The van der Waals surface area contributed by atoms with Crippen LogP contribution in [0, 0.1) is 0 Å². The van der Waals surface area contributed by atoms with Crippen molar-refractivity contribution in [2.75, 3.05) is 0 Å². The highest BCUT2D eigenvalue weighted by Crippen LogP contribution is 2.02. The largest absolute Gasteiger partial charge is 0.481 e. The number of pyridine rings is 1. The molecule has 1 aromatic rings. The van der Waals surface area contributed by atoms with Crippen molar-refractivity contribution in [3.8, 4) is 0 Å². The molecule has 0 bridgehead atoms. The molecule has 1 rings (SSSR count). The third kappa shape index (κ3) is 3.65. The highest BCUT2D eigenvalue weighted by atomic mass is 16.4. The lowest BCUT2D eigenvalue weighted by Crippen LogP contribution is -2.42. The van der Waals surface area contributed by atoms with E-state index in [-0.39, 0.29) is 18.4 Å². The van der Waals surface area contributed by atoms with E-state index in [0.29, 0.717) is 5.01 Å². The van der Waals surface area contributed by atoms with Crippen LogP contribution >= 0.6 is 0 Å². The number of rotatable bonds is 4. The summed E-state index contributed by atoms with van der Waals surface area (Å²) in [7, 11) is 0. The number of aromatic nitrogens is 1. The molecule has 0 aromatic carbocycles. The molecule has 7 heteroatoms. The van der Waals surface area contributed by atoms with Crippen molar-refractivity contribution in [3.05, 3.63) is 30.1 Å². The van der Waals surface area contributed by atoms with Gasteiger partial charge in [0.1, 0.15) is 0 Å². The van der Waals surface area contributed by atoms with Crippen LogP contribution in [0.4, 0.5) is 0 Å². The van der Waals surface area contributed by atoms with Crippen molar-refractivity contribution in [2.24, 2.45) is 5.84 Å². The molecule has 0 radical (unpaired) electrons. The van der Waals surface area contributed by atoms with Crippen LogP contribution in [0.3, 0.4) is 0 Å². The van der Waals surface area contributed by atoms with Gasteiger partial charge in [-0.15, -0.1) is 0 Å². The fourth-order valence-electron chi connectivity index (χ4n) is 1.08. The molecule has 0 unspecified atom stereocenters. The number of nitrogens with zero attached hydrogens (tertiary/aromatic N) is 2. The van der Waals surface area contributed by atoms with Crippen LogP contribution in [-0.4, -0.2) is 32.9 Å². The molecule has 0 fully saturated rings. The molecule has 2 amide bonds. The van der Waals surface area contributed by atoms with E-state index in [1.54, 1.807) is 0 Å². The summed E-state index contributed by atoms with van der Waals surface area (Å²) in [5, 5.41) is 8.81. The predicted octanol–water partition coefficient (Wildman–Crippen LogP) is -0.211. The van der Waals surface area contributed by atoms with Crippen molar-refractivity contribution in [1.29, 1.82) is 0 Å². The average Bonchev–Trinajstić information content (AvgIpc) is 2.35. The maximum atomic E-state index is 11.6. The lowest BCUT2D eigenvalue weighted by atomic mass is 10.2. The number of imide groups is 1. The molecule has 0 saturated heterocycles. The van der Waals surface area contributed by atoms with Crippen molar-refractivity contribution < 1.29 is 19.5 Å². The number of aliphatic carboxylic acids is 1. The summed E-state index contributed by atoms with van der Waals surface area (Å²) in [5.41, 5.74) is 0.214. The standard InChI is InChI=1S/C10H11N3O4/c11-13(8(14)1-2-9(15)16)10(17)7-3-5-12-6-4-7/h3-6H,1-2,11H2,(H,15,16). The predicted molar refractivity (Wildman–Crippen MR) is 56.5 cm³/mol. The van der Waals surface area contributed by atoms with Crippen LogP contribution in [0.15, 0.2) is 24.5 Å². The Morgan fingerprint density at radius 3 is 2.35 bits per heavy atom. The second kappa shape index (κ2) is 5.71. The number of carbonyl (C=O) groups excluding carboxylic acids is 2. The first-order chi connectivity index (χ1) is 8.02. The van der Waals surface area contributed by atoms with Crippen LogP contribution < -0.4 is 5.84 Å². The van der Waals surface area contributed by atoms with Crippen molar-refractivity contribution in [2.45, 2.75) is 12.8 Å². The second-order valence-electron chi connectivity index (χ2n) is 3.20. The Morgan fingerprint density at radius 1 is 1.24 bits per heavy atom. The summed E-state index contributed by atoms with van der Waals surface area (Å²) < 4.78 is 0. The SMILES string of the molecule is NN(C(=O)CCC(=O)O)C(=O)c1ccncc1. The monoisotopic (exact) mass is 237 g/mol. The molecule has 0 spiro atoms. The van der Waals surface area contributed by atoms with Gasteiger partial charge in [0.05, 0.1) is 6.42 Å². The van der Waals surface area contributed by atoms with Gasteiger partial charge in [-0.25, -0.2) is 10.9 Å². The Hall–Kier alpha value is -2.28. The second-order valence-corrected chi connectivity index (χ2v) is 3.20. The van der Waals surface area contributed by atoms with Crippen LogP contribution in [0.1, 0.15) is 23.2 Å². The summed E-state index contributed by atoms with van der Waals surface area (Å²) in [6.45, 7) is 0. The Balaban J connectivity index is 2.64. The molecule has 0 aliphatic carbocycles. The van der Waals surface area contributed by atoms with Crippen LogP contribution in [0.5, 0.6) is 0 Å². The molecule has 0 saturated carbocycles. The zero-order chi connectivity index (χ0) is 12.8. The van der Waals surface area contributed by atoms with Gasteiger partial charge >= 0.3 is 5.97 Å². The summed E-state index contributed by atoms with van der Waals surface area (Å²) in [6.07, 6.45) is 2.10. The van der Waals surface area contributed by atoms with Crippen molar-refractivity contribution in [1.82, 2.24) is 9.99 Å². The molecule has 0 aliphatic rings. The first kappa shape index (κ1) is 12.8. The molecule has 17 heavy (non-hydrogen) atoms. The lowest BCUT2D eigenvalue weighted by molar-refractivity contribution is -0.140. The third-order valence-corrected chi connectivity index (χ3v) is 1.97. The maximum absolute atomic E-state index is 11.6. The Morgan fingerprint density at radius 2 is 1.82 bits per heavy atom. The molecule has 1 aromatic heterocycles. The Bertz CT molecular complexity index is 432. The van der Waals surface area contributed by atoms with Gasteiger partial charge in [-0.1, -0.05) is 0 Å². The Labute approximate surface area is 96.8 Å². The summed E-state index contributed by atoms with van der Waals surface area (Å²) in [6, 6.07) is 2.82. The highest BCUT2D eigenvalue weighted by Gasteiger charge is 2.19. The number of carbonyl (C=O) groups is 3. The van der Waals surface area contributed by atoms with Crippen LogP contribution in [0.25, 0.3) is 0 Å². The van der Waals surface area contributed by atoms with E-state index >= 15 is 0 Å². The number of nitrogens with two attached hydrogens (primary N) is 1. The molecular formula is C10H11N3O4. The topological polar surface area (TPSA) is 114 Å². The van der Waals surface area contributed by atoms with Gasteiger partial charge in [0, 0.05) is 24.4 Å². The maximum Gasteiger partial charge on any atom is 0.303 e. The fraction of sp³-hybridized carbons (Fsp3) is 0.200. The Kier molecular flexibility index (Phi) is 4.29. The summed E-state index contributed by atoms with van der Waals surface area (Å²) in [5.74, 6) is 2.74. The van der Waals surface area contributed by atoms with Gasteiger partial charge < -0.3 is 5.11 Å². The third-order valence-electron chi connectivity index (χ3n) is 1.97. The molecular weight excluding hydrogens is 226 g/mol. The minimum Gasteiger partial charge on any atom is -0.481 e. The van der Waals surface area contributed by atoms with E-state index in [2.05, 4.69) is 4.98 Å². The molecule has 3 N–H and O–H groups in total. The smallest absolute Gasteiger partial charge is 0.303 e. The zero-order valence-electron chi connectivity index (χ0n) is 8.87. The van der Waals surface area contributed by atoms with Gasteiger partial charge in [-0.3, -0.25) is 19.4 Å². The molecule has 1 heterocycles. The van der Waals surface area contributed by atoms with Crippen LogP contribution in [0.2, 0.25) is 0 Å². The lowest BCUT2D eigenvalue weighted by Gasteiger charge is -2.13. The minimum absolute atomic E-state index is 0.214. The minimum atomic E-state index is -1.12. The number of hydrogen-bond donors (Lipinski definition) is 2. The quantitative estimate of drug-likeness (QED) is 0.425. The van der Waals surface area contributed by atoms with E-state index in [1.807, 2.05) is 0 Å². The zero-order valence-corrected chi connectivity index (χ0v) is 8.87. The van der Waals surface area contributed by atoms with Gasteiger partial charge in [0.15, 0.2) is 0 Å². The normalized spacial score (nSPS) is 9.71. The van der Waals surface area contributed by atoms with Crippen LogP contribution in [-0.2, 0) is 9.59 Å².